The molecule has 0 atom stereocenters. The van der Waals surface area contributed by atoms with Gasteiger partial charge in [0.15, 0.2) is 0 Å². The second kappa shape index (κ2) is 18.3. The summed E-state index contributed by atoms with van der Waals surface area (Å²) in [6, 6.07) is 0. The van der Waals surface area contributed by atoms with Gasteiger partial charge in [0.25, 0.3) is 0 Å². The van der Waals surface area contributed by atoms with E-state index in [2.05, 4.69) is 79.9 Å². The SMILES string of the molecule is CC.CC=C(C)C.[I][V]([I])[I]. The van der Waals surface area contributed by atoms with Gasteiger partial charge in [0.05, 0.1) is 0 Å². The third-order valence-electron chi connectivity index (χ3n) is 0.577. The molecule has 11 heavy (non-hydrogen) atoms. The van der Waals surface area contributed by atoms with Gasteiger partial charge in [0.2, 0.25) is 0 Å². The van der Waals surface area contributed by atoms with E-state index in [9.17, 15) is 0 Å². The van der Waals surface area contributed by atoms with Crippen molar-refractivity contribution in [2.75, 3.05) is 0 Å². The molecular formula is C7H16I3V. The van der Waals surface area contributed by atoms with Crippen LogP contribution in [0.5, 0.6) is 0 Å². The first kappa shape index (κ1) is 19.1. The molecule has 0 aromatic rings. The molecule has 0 spiro atoms. The minimum atomic E-state index is -0.278. The van der Waals surface area contributed by atoms with Crippen LogP contribution < -0.4 is 0 Å². The van der Waals surface area contributed by atoms with E-state index in [-0.39, 0.29) is 4.92 Å². The molecule has 70 valence electrons. The van der Waals surface area contributed by atoms with E-state index in [1.165, 1.54) is 5.57 Å². The summed E-state index contributed by atoms with van der Waals surface area (Å²) in [5.74, 6) is 0. The molecule has 0 heterocycles. The normalized spacial score (nSPS) is 7.00. The van der Waals surface area contributed by atoms with Gasteiger partial charge in [0, 0.05) is 0 Å². The van der Waals surface area contributed by atoms with Crippen LogP contribution in [0.15, 0.2) is 11.6 Å². The molecule has 0 amide bonds. The minimum absolute atomic E-state index is 0.278. The molecule has 0 aliphatic rings. The zero-order chi connectivity index (χ0) is 9.86. The van der Waals surface area contributed by atoms with E-state index in [0.717, 1.165) is 0 Å². The summed E-state index contributed by atoms with van der Waals surface area (Å²) in [5, 5.41) is 0. The van der Waals surface area contributed by atoms with Gasteiger partial charge in [0.1, 0.15) is 0 Å². The summed E-state index contributed by atoms with van der Waals surface area (Å²) in [7, 11) is 0. The van der Waals surface area contributed by atoms with Crippen LogP contribution in [0.25, 0.3) is 0 Å². The Morgan fingerprint density at radius 3 is 1.18 bits per heavy atom. The zero-order valence-corrected chi connectivity index (χ0v) is 15.5. The summed E-state index contributed by atoms with van der Waals surface area (Å²) in [4.78, 5) is -0.278. The number of hydrogen-bond acceptors (Lipinski definition) is 0. The van der Waals surface area contributed by atoms with Crippen molar-refractivity contribution in [3.63, 3.8) is 0 Å². The summed E-state index contributed by atoms with van der Waals surface area (Å²) < 4.78 is 0. The van der Waals surface area contributed by atoms with Crippen molar-refractivity contribution in [1.82, 2.24) is 0 Å². The van der Waals surface area contributed by atoms with Gasteiger partial charge >= 0.3 is 64.9 Å². The van der Waals surface area contributed by atoms with Crippen LogP contribution >= 0.6 is 59.9 Å². The molecule has 0 rings (SSSR count). The zero-order valence-electron chi connectivity index (χ0n) is 7.66. The van der Waals surface area contributed by atoms with Crippen molar-refractivity contribution in [3.05, 3.63) is 11.6 Å². The van der Waals surface area contributed by atoms with Crippen molar-refractivity contribution < 1.29 is 4.92 Å². The maximum atomic E-state index is 2.46. The van der Waals surface area contributed by atoms with Crippen molar-refractivity contribution in [2.45, 2.75) is 34.6 Å². The van der Waals surface area contributed by atoms with Gasteiger partial charge in [-0.05, 0) is 20.8 Å². The van der Waals surface area contributed by atoms with Crippen LogP contribution in [0.2, 0.25) is 0 Å². The van der Waals surface area contributed by atoms with Crippen LogP contribution in [-0.2, 0) is 4.92 Å². The third kappa shape index (κ3) is 67.9. The quantitative estimate of drug-likeness (QED) is 0.280. The fourth-order valence-corrected chi connectivity index (χ4v) is 0. The van der Waals surface area contributed by atoms with Gasteiger partial charge in [-0.25, -0.2) is 0 Å². The fraction of sp³-hybridized carbons (Fsp3) is 0.714. The van der Waals surface area contributed by atoms with Crippen LogP contribution in [0, 0.1) is 0 Å². The van der Waals surface area contributed by atoms with Gasteiger partial charge in [-0.2, -0.15) is 0 Å². The third-order valence-corrected chi connectivity index (χ3v) is 0.577. The van der Waals surface area contributed by atoms with E-state index in [0.29, 0.717) is 0 Å². The van der Waals surface area contributed by atoms with E-state index in [4.69, 9.17) is 0 Å². The summed E-state index contributed by atoms with van der Waals surface area (Å²) >= 11 is 7.39. The molecule has 0 aromatic carbocycles. The van der Waals surface area contributed by atoms with Crippen LogP contribution in [0.3, 0.4) is 0 Å². The maximum absolute atomic E-state index is 2.46. The molecule has 0 radical (unpaired) electrons. The molecule has 0 nitrogen and oxygen atoms in total. The Balaban J connectivity index is -0.0000000965. The second-order valence-corrected chi connectivity index (χ2v) is 36.9. The monoisotopic (exact) mass is 532 g/mol. The Bertz CT molecular complexity index is 75.0. The fourth-order valence-electron chi connectivity index (χ4n) is 0. The second-order valence-electron chi connectivity index (χ2n) is 1.56. The number of allylic oxidation sites excluding steroid dienone is 2. The predicted molar refractivity (Wildman–Crippen MR) is 78.5 cm³/mol. The molecule has 0 aliphatic carbocycles. The van der Waals surface area contributed by atoms with Crippen molar-refractivity contribution in [2.24, 2.45) is 0 Å². The summed E-state index contributed by atoms with van der Waals surface area (Å²) in [5.41, 5.74) is 1.38. The molecule has 0 saturated heterocycles. The molecule has 0 bridgehead atoms. The number of rotatable bonds is 0. The average molecular weight is 532 g/mol. The van der Waals surface area contributed by atoms with Crippen LogP contribution in [0.4, 0.5) is 0 Å². The van der Waals surface area contributed by atoms with Gasteiger partial charge in [-0.15, -0.1) is 0 Å². The molecular weight excluding hydrogens is 516 g/mol. The predicted octanol–water partition coefficient (Wildman–Crippen LogP) is 5.65. The molecule has 0 fully saturated rings. The first-order valence-electron chi connectivity index (χ1n) is 3.37. The molecule has 0 aromatic heterocycles. The molecule has 4 heteroatoms. The van der Waals surface area contributed by atoms with E-state index in [1.807, 2.05) is 20.8 Å². The Morgan fingerprint density at radius 2 is 1.18 bits per heavy atom. The van der Waals surface area contributed by atoms with Crippen LogP contribution in [-0.4, -0.2) is 0 Å². The van der Waals surface area contributed by atoms with Crippen molar-refractivity contribution in [3.8, 4) is 0 Å². The Hall–Kier alpha value is 2.51. The van der Waals surface area contributed by atoms with Gasteiger partial charge in [-0.3, -0.25) is 0 Å². The van der Waals surface area contributed by atoms with E-state index < -0.39 is 0 Å². The average Bonchev–Trinajstić information content (AvgIpc) is 1.91. The van der Waals surface area contributed by atoms with E-state index in [1.54, 1.807) is 0 Å². The molecule has 0 unspecified atom stereocenters. The summed E-state index contributed by atoms with van der Waals surface area (Å²) in [6.45, 7) is 10.2. The Morgan fingerprint density at radius 1 is 1.09 bits per heavy atom. The van der Waals surface area contributed by atoms with Crippen molar-refractivity contribution in [1.29, 1.82) is 0 Å². The van der Waals surface area contributed by atoms with Gasteiger partial charge < -0.3 is 0 Å². The van der Waals surface area contributed by atoms with Crippen LogP contribution in [0.1, 0.15) is 34.6 Å². The first-order valence-corrected chi connectivity index (χ1v) is 16.9. The van der Waals surface area contributed by atoms with Gasteiger partial charge in [-0.1, -0.05) is 25.5 Å². The Kier molecular flexibility index (Phi) is 31.9. The first-order chi connectivity index (χ1) is 5.00. The molecule has 0 N–H and O–H groups in total. The Labute approximate surface area is 109 Å². The number of hydrogen-bond donors (Lipinski definition) is 0. The van der Waals surface area contributed by atoms with Crippen molar-refractivity contribution >= 4 is 59.9 Å². The molecule has 0 saturated carbocycles. The molecule has 0 aliphatic heterocycles. The topological polar surface area (TPSA) is 0 Å². The summed E-state index contributed by atoms with van der Waals surface area (Å²) in [6.07, 6.45) is 2.08. The van der Waals surface area contributed by atoms with E-state index >= 15 is 0 Å². The standard InChI is InChI=1S/C5H10.C2H6.3HI.V/c1-4-5(2)3;1-2;;;;/h4H,1-3H3;1-2H3;3*1H;/q;;;;;+3/p-3. The number of halogens is 3.